The van der Waals surface area contributed by atoms with Crippen LogP contribution in [0.1, 0.15) is 29.0 Å². The number of likely N-dealkylation sites (tertiary alicyclic amines) is 1. The second-order valence-electron chi connectivity index (χ2n) is 7.85. The summed E-state index contributed by atoms with van der Waals surface area (Å²) in [6, 6.07) is 4.49. The molecule has 1 spiro atoms. The van der Waals surface area contributed by atoms with E-state index in [1.807, 2.05) is 11.3 Å². The molecule has 0 saturated carbocycles. The summed E-state index contributed by atoms with van der Waals surface area (Å²) < 4.78 is 12.3. The maximum atomic E-state index is 6.37. The number of aryl methyl sites for hydroxylation is 1. The second-order valence-corrected chi connectivity index (χ2v) is 9.22. The van der Waals surface area contributed by atoms with Crippen molar-refractivity contribution < 1.29 is 9.47 Å². The van der Waals surface area contributed by atoms with Gasteiger partial charge in [-0.2, -0.15) is 0 Å². The smallest absolute Gasteiger partial charge is 0.104 e. The van der Waals surface area contributed by atoms with Crippen molar-refractivity contribution in [3.8, 4) is 0 Å². The van der Waals surface area contributed by atoms with E-state index >= 15 is 0 Å². The first-order valence-corrected chi connectivity index (χ1v) is 10.2. The highest BCUT2D eigenvalue weighted by Gasteiger charge is 2.43. The van der Waals surface area contributed by atoms with Crippen molar-refractivity contribution in [3.05, 3.63) is 21.9 Å². The highest BCUT2D eigenvalue weighted by Crippen LogP contribution is 2.34. The molecule has 1 aromatic rings. The molecule has 4 nitrogen and oxygen atoms in total. The molecule has 4 heterocycles. The fraction of sp³-hybridized carbons (Fsp3) is 0.789. The van der Waals surface area contributed by atoms with Crippen LogP contribution in [-0.2, 0) is 16.0 Å². The van der Waals surface area contributed by atoms with Crippen LogP contribution in [-0.4, -0.2) is 67.9 Å². The van der Waals surface area contributed by atoms with Gasteiger partial charge in [0.15, 0.2) is 0 Å². The molecule has 3 fully saturated rings. The van der Waals surface area contributed by atoms with Crippen molar-refractivity contribution in [3.63, 3.8) is 0 Å². The molecule has 3 aliphatic heterocycles. The van der Waals surface area contributed by atoms with Crippen molar-refractivity contribution in [1.82, 2.24) is 9.80 Å². The first-order chi connectivity index (χ1) is 11.7. The number of hydrogen-bond donors (Lipinski definition) is 0. The Morgan fingerprint density at radius 3 is 2.88 bits per heavy atom. The highest BCUT2D eigenvalue weighted by molar-refractivity contribution is 7.11. The van der Waals surface area contributed by atoms with Gasteiger partial charge in [0.05, 0.1) is 19.8 Å². The Hall–Kier alpha value is -0.460. The first kappa shape index (κ1) is 17.0. The van der Waals surface area contributed by atoms with Gasteiger partial charge in [0, 0.05) is 35.9 Å². The topological polar surface area (TPSA) is 24.9 Å². The summed E-state index contributed by atoms with van der Waals surface area (Å²) in [6.45, 7) is 11.5. The number of nitrogens with zero attached hydrogens (tertiary/aromatic N) is 2. The second kappa shape index (κ2) is 7.42. The Labute approximate surface area is 149 Å². The third-order valence-corrected chi connectivity index (χ3v) is 6.59. The van der Waals surface area contributed by atoms with Crippen LogP contribution in [0, 0.1) is 12.8 Å². The first-order valence-electron chi connectivity index (χ1n) is 9.43. The minimum Gasteiger partial charge on any atom is -0.377 e. The molecule has 0 aliphatic carbocycles. The zero-order valence-corrected chi connectivity index (χ0v) is 15.7. The van der Waals surface area contributed by atoms with Gasteiger partial charge in [-0.15, -0.1) is 11.3 Å². The Kier molecular flexibility index (Phi) is 5.25. The largest absolute Gasteiger partial charge is 0.377 e. The van der Waals surface area contributed by atoms with Crippen molar-refractivity contribution in [1.29, 1.82) is 0 Å². The monoisotopic (exact) mass is 350 g/mol. The lowest BCUT2D eigenvalue weighted by Crippen LogP contribution is -2.44. The van der Waals surface area contributed by atoms with Crippen molar-refractivity contribution in [2.24, 2.45) is 5.92 Å². The molecule has 2 atom stereocenters. The van der Waals surface area contributed by atoms with Gasteiger partial charge in [0.25, 0.3) is 0 Å². The molecule has 0 bridgehead atoms. The minimum absolute atomic E-state index is 0.0762. The van der Waals surface area contributed by atoms with Gasteiger partial charge in [-0.05, 0) is 57.3 Å². The SMILES string of the molecule is Cc1ccc(CN2CCOC[C@]3(C[C@@H](CN4CCCC4)CO3)C2)s1. The van der Waals surface area contributed by atoms with Crippen LogP contribution in [0.2, 0.25) is 0 Å². The van der Waals surface area contributed by atoms with E-state index in [9.17, 15) is 0 Å². The Bertz CT molecular complexity index is 543. The van der Waals surface area contributed by atoms with Gasteiger partial charge in [-0.25, -0.2) is 0 Å². The van der Waals surface area contributed by atoms with Gasteiger partial charge >= 0.3 is 0 Å². The number of rotatable bonds is 4. The fourth-order valence-corrected chi connectivity index (χ4v) is 5.44. The molecule has 1 aromatic heterocycles. The summed E-state index contributed by atoms with van der Waals surface area (Å²) in [7, 11) is 0. The van der Waals surface area contributed by atoms with E-state index in [4.69, 9.17) is 9.47 Å². The van der Waals surface area contributed by atoms with Crippen LogP contribution in [0.4, 0.5) is 0 Å². The predicted octanol–water partition coefficient (Wildman–Crippen LogP) is 2.76. The van der Waals surface area contributed by atoms with E-state index in [1.165, 1.54) is 42.2 Å². The molecular formula is C19H30N2O2S. The lowest BCUT2D eigenvalue weighted by atomic mass is 9.94. The average molecular weight is 351 g/mol. The van der Waals surface area contributed by atoms with E-state index in [0.29, 0.717) is 5.92 Å². The molecule has 0 amide bonds. The Morgan fingerprint density at radius 1 is 1.21 bits per heavy atom. The zero-order chi connectivity index (χ0) is 16.4. The van der Waals surface area contributed by atoms with Crippen molar-refractivity contribution >= 4 is 11.3 Å². The lowest BCUT2D eigenvalue weighted by Gasteiger charge is -2.31. The quantitative estimate of drug-likeness (QED) is 0.834. The molecule has 0 unspecified atom stereocenters. The zero-order valence-electron chi connectivity index (χ0n) is 14.8. The van der Waals surface area contributed by atoms with Crippen LogP contribution in [0.3, 0.4) is 0 Å². The Morgan fingerprint density at radius 2 is 2.08 bits per heavy atom. The molecule has 24 heavy (non-hydrogen) atoms. The summed E-state index contributed by atoms with van der Waals surface area (Å²) >= 11 is 1.91. The molecule has 0 N–H and O–H groups in total. The third kappa shape index (κ3) is 4.02. The summed E-state index contributed by atoms with van der Waals surface area (Å²) in [6.07, 6.45) is 3.90. The van der Waals surface area contributed by atoms with Crippen molar-refractivity contribution in [2.45, 2.75) is 38.3 Å². The van der Waals surface area contributed by atoms with Gasteiger partial charge in [0.2, 0.25) is 0 Å². The Balaban J connectivity index is 1.36. The van der Waals surface area contributed by atoms with E-state index in [1.54, 1.807) is 0 Å². The standard InChI is InChI=1S/C19H30N2O2S/c1-16-4-5-18(24-16)12-21-8-9-22-15-19(14-21)10-17(13-23-19)11-20-6-2-3-7-20/h4-5,17H,2-3,6-15H2,1H3/t17-,19-/m0/s1. The molecule has 0 aromatic carbocycles. The van der Waals surface area contributed by atoms with Crippen LogP contribution >= 0.6 is 11.3 Å². The van der Waals surface area contributed by atoms with E-state index in [0.717, 1.165) is 45.9 Å². The fourth-order valence-electron chi connectivity index (χ4n) is 4.51. The molecule has 5 heteroatoms. The third-order valence-electron chi connectivity index (χ3n) is 5.61. The molecule has 4 rings (SSSR count). The molecule has 3 aliphatic rings. The van der Waals surface area contributed by atoms with Gasteiger partial charge in [0.1, 0.15) is 5.60 Å². The van der Waals surface area contributed by atoms with E-state index in [2.05, 4.69) is 28.9 Å². The van der Waals surface area contributed by atoms with Crippen LogP contribution in [0.25, 0.3) is 0 Å². The summed E-state index contributed by atoms with van der Waals surface area (Å²) in [4.78, 5) is 8.01. The van der Waals surface area contributed by atoms with Crippen LogP contribution in [0.5, 0.6) is 0 Å². The average Bonchev–Trinajstić information content (AvgIpc) is 3.25. The van der Waals surface area contributed by atoms with Crippen molar-refractivity contribution in [2.75, 3.05) is 52.5 Å². The number of thiophene rings is 1. The highest BCUT2D eigenvalue weighted by atomic mass is 32.1. The maximum absolute atomic E-state index is 6.37. The van der Waals surface area contributed by atoms with Gasteiger partial charge in [-0.3, -0.25) is 4.90 Å². The maximum Gasteiger partial charge on any atom is 0.104 e. The summed E-state index contributed by atoms with van der Waals surface area (Å²) in [5.74, 6) is 0.677. The van der Waals surface area contributed by atoms with Crippen LogP contribution in [0.15, 0.2) is 12.1 Å². The predicted molar refractivity (Wildman–Crippen MR) is 97.6 cm³/mol. The number of hydrogen-bond acceptors (Lipinski definition) is 5. The minimum atomic E-state index is -0.0762. The van der Waals surface area contributed by atoms with Gasteiger partial charge < -0.3 is 14.4 Å². The van der Waals surface area contributed by atoms with E-state index < -0.39 is 0 Å². The van der Waals surface area contributed by atoms with Gasteiger partial charge in [-0.1, -0.05) is 0 Å². The molecule has 3 saturated heterocycles. The lowest BCUT2D eigenvalue weighted by molar-refractivity contribution is -0.0562. The molecular weight excluding hydrogens is 320 g/mol. The molecule has 0 radical (unpaired) electrons. The van der Waals surface area contributed by atoms with Crippen LogP contribution < -0.4 is 0 Å². The normalized spacial score (nSPS) is 32.6. The summed E-state index contributed by atoms with van der Waals surface area (Å²) in [5, 5.41) is 0. The number of ether oxygens (including phenoxy) is 2. The summed E-state index contributed by atoms with van der Waals surface area (Å²) in [5.41, 5.74) is -0.0762. The molecule has 134 valence electrons. The van der Waals surface area contributed by atoms with E-state index in [-0.39, 0.29) is 5.60 Å².